The number of fused-ring (bicyclic) bond motifs is 1. The molecule has 0 radical (unpaired) electrons. The number of amides is 2. The van der Waals surface area contributed by atoms with E-state index in [2.05, 4.69) is 15.9 Å². The van der Waals surface area contributed by atoms with Gasteiger partial charge < -0.3 is 14.5 Å². The second-order valence-corrected chi connectivity index (χ2v) is 8.69. The fraction of sp³-hybridized carbons (Fsp3) is 0.579. The molecule has 2 aliphatic heterocycles. The van der Waals surface area contributed by atoms with Gasteiger partial charge in [-0.1, -0.05) is 0 Å². The summed E-state index contributed by atoms with van der Waals surface area (Å²) >= 11 is 3.18. The Balaban J connectivity index is 1.64. The first-order chi connectivity index (χ1) is 12.2. The van der Waals surface area contributed by atoms with Crippen molar-refractivity contribution in [3.8, 4) is 0 Å². The third-order valence-corrected chi connectivity index (χ3v) is 5.46. The van der Waals surface area contributed by atoms with Crippen LogP contribution in [0.2, 0.25) is 0 Å². The van der Waals surface area contributed by atoms with Gasteiger partial charge in [-0.15, -0.1) is 0 Å². The monoisotopic (exact) mass is 426 g/mol. The molecular formula is C19H24BrFN2O3. The molecule has 1 aromatic rings. The second kappa shape index (κ2) is 7.18. The Morgan fingerprint density at radius 3 is 2.50 bits per heavy atom. The lowest BCUT2D eigenvalue weighted by Crippen LogP contribution is -2.51. The number of carbonyl (C=O) groups excluding carboxylic acids is 2. The minimum Gasteiger partial charge on any atom is -0.444 e. The van der Waals surface area contributed by atoms with Gasteiger partial charge in [-0.05, 0) is 68.1 Å². The molecule has 2 amide bonds. The summed E-state index contributed by atoms with van der Waals surface area (Å²) in [5.74, 6) is -0.455. The third-order valence-electron chi connectivity index (χ3n) is 4.85. The van der Waals surface area contributed by atoms with Crippen LogP contribution in [0.4, 0.5) is 9.18 Å². The molecule has 7 heteroatoms. The molecule has 3 rings (SSSR count). The van der Waals surface area contributed by atoms with Gasteiger partial charge in [0, 0.05) is 36.8 Å². The predicted molar refractivity (Wildman–Crippen MR) is 99.7 cm³/mol. The maximum atomic E-state index is 14.2. The fourth-order valence-corrected chi connectivity index (χ4v) is 3.93. The third kappa shape index (κ3) is 3.87. The Morgan fingerprint density at radius 2 is 1.88 bits per heavy atom. The normalized spacial score (nSPS) is 18.7. The molecule has 2 aliphatic rings. The molecule has 2 heterocycles. The van der Waals surface area contributed by atoms with Crippen molar-refractivity contribution in [1.29, 1.82) is 0 Å². The standard InChI is InChI=1S/C19H24BrFN2O3/c1-19(2,3)26-18(25)22-9-6-12(7-10-22)23-11-8-13-14(17(23)24)4-5-15(20)16(13)21/h4-5,12H,6-11H2,1-3H3. The number of hydrogen-bond acceptors (Lipinski definition) is 3. The van der Waals surface area contributed by atoms with Crippen molar-refractivity contribution < 1.29 is 18.7 Å². The molecule has 1 saturated heterocycles. The molecule has 1 fully saturated rings. The summed E-state index contributed by atoms with van der Waals surface area (Å²) in [6, 6.07) is 3.34. The number of likely N-dealkylation sites (tertiary alicyclic amines) is 1. The summed E-state index contributed by atoms with van der Waals surface area (Å²) in [5.41, 5.74) is 0.428. The Bertz CT molecular complexity index is 724. The zero-order valence-corrected chi connectivity index (χ0v) is 16.9. The molecular weight excluding hydrogens is 403 g/mol. The van der Waals surface area contributed by atoms with Crippen molar-refractivity contribution in [1.82, 2.24) is 9.80 Å². The van der Waals surface area contributed by atoms with Crippen LogP contribution in [-0.2, 0) is 11.2 Å². The lowest BCUT2D eigenvalue weighted by Gasteiger charge is -2.40. The van der Waals surface area contributed by atoms with E-state index in [0.29, 0.717) is 54.5 Å². The highest BCUT2D eigenvalue weighted by molar-refractivity contribution is 9.10. The van der Waals surface area contributed by atoms with Crippen LogP contribution >= 0.6 is 15.9 Å². The van der Waals surface area contributed by atoms with Crippen molar-refractivity contribution >= 4 is 27.9 Å². The number of ether oxygens (including phenoxy) is 1. The Hall–Kier alpha value is -1.63. The molecule has 0 N–H and O–H groups in total. The van der Waals surface area contributed by atoms with Gasteiger partial charge in [0.15, 0.2) is 0 Å². The average Bonchev–Trinajstić information content (AvgIpc) is 2.57. The molecule has 1 aromatic carbocycles. The largest absolute Gasteiger partial charge is 0.444 e. The summed E-state index contributed by atoms with van der Waals surface area (Å²) in [6.45, 7) is 7.17. The Kier molecular flexibility index (Phi) is 5.28. The van der Waals surface area contributed by atoms with E-state index in [0.717, 1.165) is 0 Å². The zero-order chi connectivity index (χ0) is 19.1. The molecule has 26 heavy (non-hydrogen) atoms. The van der Waals surface area contributed by atoms with E-state index in [4.69, 9.17) is 4.74 Å². The molecule has 5 nitrogen and oxygen atoms in total. The quantitative estimate of drug-likeness (QED) is 0.681. The van der Waals surface area contributed by atoms with E-state index in [1.54, 1.807) is 17.0 Å². The van der Waals surface area contributed by atoms with E-state index >= 15 is 0 Å². The van der Waals surface area contributed by atoms with Crippen LogP contribution in [0.5, 0.6) is 0 Å². The minimum absolute atomic E-state index is 0.0704. The minimum atomic E-state index is -0.515. The van der Waals surface area contributed by atoms with Crippen LogP contribution in [-0.4, -0.2) is 53.1 Å². The van der Waals surface area contributed by atoms with Crippen molar-refractivity contribution in [2.24, 2.45) is 0 Å². The van der Waals surface area contributed by atoms with Crippen LogP contribution in [0.15, 0.2) is 16.6 Å². The first kappa shape index (κ1) is 19.1. The Morgan fingerprint density at radius 1 is 1.23 bits per heavy atom. The second-order valence-electron chi connectivity index (χ2n) is 7.83. The van der Waals surface area contributed by atoms with Crippen molar-refractivity contribution in [3.63, 3.8) is 0 Å². The summed E-state index contributed by atoms with van der Waals surface area (Å²) in [7, 11) is 0. The number of carbonyl (C=O) groups is 2. The van der Waals surface area contributed by atoms with Gasteiger partial charge in [0.2, 0.25) is 0 Å². The topological polar surface area (TPSA) is 49.9 Å². The smallest absolute Gasteiger partial charge is 0.410 e. The summed E-state index contributed by atoms with van der Waals surface area (Å²) < 4.78 is 20.0. The highest BCUT2D eigenvalue weighted by Gasteiger charge is 2.35. The molecule has 0 aliphatic carbocycles. The maximum Gasteiger partial charge on any atom is 0.410 e. The molecule has 0 aromatic heterocycles. The number of rotatable bonds is 1. The van der Waals surface area contributed by atoms with Crippen molar-refractivity contribution in [2.45, 2.75) is 51.7 Å². The highest BCUT2D eigenvalue weighted by Crippen LogP contribution is 2.30. The average molecular weight is 427 g/mol. The van der Waals surface area contributed by atoms with Crippen LogP contribution in [0.25, 0.3) is 0 Å². The fourth-order valence-electron chi connectivity index (χ4n) is 3.56. The summed E-state index contributed by atoms with van der Waals surface area (Å²) in [4.78, 5) is 28.5. The summed E-state index contributed by atoms with van der Waals surface area (Å²) in [5, 5.41) is 0. The number of benzene rings is 1. The number of hydrogen-bond donors (Lipinski definition) is 0. The van der Waals surface area contributed by atoms with E-state index in [9.17, 15) is 14.0 Å². The Labute approximate surface area is 161 Å². The predicted octanol–water partition coefficient (Wildman–Crippen LogP) is 3.99. The van der Waals surface area contributed by atoms with E-state index in [1.165, 1.54) is 0 Å². The SMILES string of the molecule is CC(C)(C)OC(=O)N1CCC(N2CCc3c(ccc(Br)c3F)C2=O)CC1. The number of nitrogens with zero attached hydrogens (tertiary/aromatic N) is 2. The molecule has 142 valence electrons. The molecule has 0 spiro atoms. The van der Waals surface area contributed by atoms with Gasteiger partial charge in [0.25, 0.3) is 5.91 Å². The van der Waals surface area contributed by atoms with Crippen LogP contribution in [0.1, 0.15) is 49.5 Å². The zero-order valence-electron chi connectivity index (χ0n) is 15.3. The van der Waals surface area contributed by atoms with Crippen LogP contribution < -0.4 is 0 Å². The van der Waals surface area contributed by atoms with Gasteiger partial charge in [-0.2, -0.15) is 0 Å². The van der Waals surface area contributed by atoms with Gasteiger partial charge in [0.05, 0.1) is 4.47 Å². The highest BCUT2D eigenvalue weighted by atomic mass is 79.9. The van der Waals surface area contributed by atoms with Crippen LogP contribution in [0.3, 0.4) is 0 Å². The van der Waals surface area contributed by atoms with Gasteiger partial charge in [-0.25, -0.2) is 9.18 Å². The molecule has 0 atom stereocenters. The first-order valence-electron chi connectivity index (χ1n) is 8.93. The summed E-state index contributed by atoms with van der Waals surface area (Å²) in [6.07, 6.45) is 1.62. The van der Waals surface area contributed by atoms with Crippen molar-refractivity contribution in [3.05, 3.63) is 33.5 Å². The molecule has 0 bridgehead atoms. The van der Waals surface area contributed by atoms with Crippen LogP contribution in [0, 0.1) is 5.82 Å². The van der Waals surface area contributed by atoms with E-state index in [1.807, 2.05) is 25.7 Å². The number of halogens is 2. The lowest BCUT2D eigenvalue weighted by atomic mass is 9.94. The number of piperidine rings is 1. The van der Waals surface area contributed by atoms with Crippen molar-refractivity contribution in [2.75, 3.05) is 19.6 Å². The van der Waals surface area contributed by atoms with Gasteiger partial charge in [0.1, 0.15) is 11.4 Å². The first-order valence-corrected chi connectivity index (χ1v) is 9.72. The molecule has 0 saturated carbocycles. The lowest BCUT2D eigenvalue weighted by molar-refractivity contribution is 0.0144. The van der Waals surface area contributed by atoms with E-state index < -0.39 is 5.60 Å². The van der Waals surface area contributed by atoms with E-state index in [-0.39, 0.29) is 23.9 Å². The maximum absolute atomic E-state index is 14.2. The molecule has 0 unspecified atom stereocenters. The van der Waals surface area contributed by atoms with Gasteiger partial charge >= 0.3 is 6.09 Å². The van der Waals surface area contributed by atoms with Gasteiger partial charge in [-0.3, -0.25) is 4.79 Å².